The number of ether oxygens (including phenoxy) is 2. The first-order valence-corrected chi connectivity index (χ1v) is 9.38. The molecule has 0 spiro atoms. The van der Waals surface area contributed by atoms with Gasteiger partial charge in [0.1, 0.15) is 11.5 Å². The van der Waals surface area contributed by atoms with Gasteiger partial charge in [0.25, 0.3) is 10.0 Å². The van der Waals surface area contributed by atoms with Gasteiger partial charge >= 0.3 is 0 Å². The molecule has 0 radical (unpaired) electrons. The van der Waals surface area contributed by atoms with Gasteiger partial charge in [-0.05, 0) is 49.4 Å². The summed E-state index contributed by atoms with van der Waals surface area (Å²) in [5.74, 6) is 1.04. The van der Waals surface area contributed by atoms with Gasteiger partial charge in [-0.1, -0.05) is 0 Å². The maximum absolute atomic E-state index is 13.0. The van der Waals surface area contributed by atoms with Gasteiger partial charge in [0.2, 0.25) is 0 Å². The van der Waals surface area contributed by atoms with Crippen LogP contribution in [0.3, 0.4) is 0 Å². The molecule has 0 bridgehead atoms. The van der Waals surface area contributed by atoms with Gasteiger partial charge in [-0.3, -0.25) is 9.10 Å². The molecule has 6 nitrogen and oxygen atoms in total. The predicted octanol–water partition coefficient (Wildman–Crippen LogP) is 2.88. The number of fused-ring (bicyclic) bond motifs is 1. The zero-order valence-corrected chi connectivity index (χ0v) is 14.9. The van der Waals surface area contributed by atoms with E-state index in [1.54, 1.807) is 30.3 Å². The lowest BCUT2D eigenvalue weighted by atomic mass is 10.0. The third-order valence-corrected chi connectivity index (χ3v) is 5.86. The molecule has 0 saturated carbocycles. The lowest BCUT2D eigenvalue weighted by Gasteiger charge is -2.30. The number of ketones is 1. The van der Waals surface area contributed by atoms with Crippen molar-refractivity contribution in [3.63, 3.8) is 0 Å². The monoisotopic (exact) mass is 361 g/mol. The Hall–Kier alpha value is -2.54. The van der Waals surface area contributed by atoms with Crippen molar-refractivity contribution in [1.29, 1.82) is 0 Å². The van der Waals surface area contributed by atoms with E-state index in [0.29, 0.717) is 29.4 Å². The molecule has 7 heteroatoms. The molecule has 0 unspecified atom stereocenters. The predicted molar refractivity (Wildman–Crippen MR) is 94.1 cm³/mol. The molecule has 1 aliphatic heterocycles. The number of Topliss-reactive ketones (excluding diaryl/α,β-unsaturated/α-hetero) is 1. The normalized spacial score (nSPS) is 14.2. The molecule has 3 rings (SSSR count). The van der Waals surface area contributed by atoms with Crippen LogP contribution in [0.1, 0.15) is 23.7 Å². The van der Waals surface area contributed by atoms with Crippen molar-refractivity contribution in [3.8, 4) is 11.5 Å². The molecule has 0 fully saturated rings. The molecule has 1 aliphatic rings. The van der Waals surface area contributed by atoms with Crippen LogP contribution in [0.5, 0.6) is 11.5 Å². The van der Waals surface area contributed by atoms with E-state index in [9.17, 15) is 13.2 Å². The summed E-state index contributed by atoms with van der Waals surface area (Å²) < 4.78 is 37.8. The second-order valence-electron chi connectivity index (χ2n) is 5.54. The maximum atomic E-state index is 13.0. The Balaban J connectivity index is 2.01. The highest BCUT2D eigenvalue weighted by Gasteiger charge is 2.32. The zero-order chi connectivity index (χ0) is 18.0. The SMILES string of the molecule is CCOc1ccc(S(=O)(=O)N2CCC(=O)c3cc(OC)ccc32)cc1. The molecule has 25 heavy (non-hydrogen) atoms. The van der Waals surface area contributed by atoms with Crippen LogP contribution in [0.2, 0.25) is 0 Å². The first-order valence-electron chi connectivity index (χ1n) is 7.94. The van der Waals surface area contributed by atoms with Crippen molar-refractivity contribution in [2.75, 3.05) is 24.6 Å². The van der Waals surface area contributed by atoms with E-state index in [2.05, 4.69) is 0 Å². The summed E-state index contributed by atoms with van der Waals surface area (Å²) >= 11 is 0. The molecule has 0 saturated heterocycles. The van der Waals surface area contributed by atoms with Crippen molar-refractivity contribution >= 4 is 21.5 Å². The molecule has 1 heterocycles. The quantitative estimate of drug-likeness (QED) is 0.819. The Kier molecular flexibility index (Phi) is 4.67. The van der Waals surface area contributed by atoms with Crippen LogP contribution in [-0.2, 0) is 10.0 Å². The Morgan fingerprint density at radius 1 is 1.08 bits per heavy atom. The van der Waals surface area contributed by atoms with Crippen molar-refractivity contribution in [1.82, 2.24) is 0 Å². The van der Waals surface area contributed by atoms with Gasteiger partial charge in [0.15, 0.2) is 5.78 Å². The molecular weight excluding hydrogens is 342 g/mol. The van der Waals surface area contributed by atoms with Gasteiger partial charge in [-0.25, -0.2) is 8.42 Å². The van der Waals surface area contributed by atoms with Gasteiger partial charge in [-0.2, -0.15) is 0 Å². The topological polar surface area (TPSA) is 72.9 Å². The molecule has 0 N–H and O–H groups in total. The largest absolute Gasteiger partial charge is 0.497 e. The average Bonchev–Trinajstić information content (AvgIpc) is 2.62. The van der Waals surface area contributed by atoms with Crippen LogP contribution < -0.4 is 13.8 Å². The minimum atomic E-state index is -3.77. The summed E-state index contributed by atoms with van der Waals surface area (Å²) in [5.41, 5.74) is 0.742. The minimum absolute atomic E-state index is 0.0907. The van der Waals surface area contributed by atoms with Crippen molar-refractivity contribution < 1.29 is 22.7 Å². The number of anilines is 1. The Labute approximate surface area is 147 Å². The number of rotatable bonds is 5. The van der Waals surface area contributed by atoms with Crippen LogP contribution in [0, 0.1) is 0 Å². The fourth-order valence-electron chi connectivity index (χ4n) is 2.79. The molecule has 0 atom stereocenters. The van der Waals surface area contributed by atoms with E-state index < -0.39 is 10.0 Å². The standard InChI is InChI=1S/C18H19NO5S/c1-3-24-13-4-7-15(8-5-13)25(21,22)19-11-10-18(20)16-12-14(23-2)6-9-17(16)19/h4-9,12H,3,10-11H2,1-2H3. The Bertz CT molecular complexity index is 890. The summed E-state index contributed by atoms with van der Waals surface area (Å²) in [6.07, 6.45) is 0.135. The summed E-state index contributed by atoms with van der Waals surface area (Å²) in [5, 5.41) is 0. The number of hydrogen-bond donors (Lipinski definition) is 0. The number of carbonyl (C=O) groups is 1. The molecule has 132 valence electrons. The van der Waals surface area contributed by atoms with Crippen molar-refractivity contribution in [2.45, 2.75) is 18.2 Å². The summed E-state index contributed by atoms with van der Waals surface area (Å²) in [4.78, 5) is 12.3. The minimum Gasteiger partial charge on any atom is -0.497 e. The van der Waals surface area contributed by atoms with Gasteiger partial charge in [0, 0.05) is 18.5 Å². The lowest BCUT2D eigenvalue weighted by Crippen LogP contribution is -2.37. The highest BCUT2D eigenvalue weighted by molar-refractivity contribution is 7.92. The van der Waals surface area contributed by atoms with Gasteiger partial charge in [-0.15, -0.1) is 0 Å². The Morgan fingerprint density at radius 3 is 2.40 bits per heavy atom. The molecule has 2 aromatic carbocycles. The van der Waals surface area contributed by atoms with Crippen molar-refractivity contribution in [2.24, 2.45) is 0 Å². The molecular formula is C18H19NO5S. The molecule has 0 amide bonds. The summed E-state index contributed by atoms with van der Waals surface area (Å²) in [6, 6.07) is 11.1. The number of sulfonamides is 1. The fourth-order valence-corrected chi connectivity index (χ4v) is 4.28. The average molecular weight is 361 g/mol. The number of nitrogens with zero attached hydrogens (tertiary/aromatic N) is 1. The van der Waals surface area contributed by atoms with Crippen LogP contribution in [0.4, 0.5) is 5.69 Å². The zero-order valence-electron chi connectivity index (χ0n) is 14.1. The number of hydrogen-bond acceptors (Lipinski definition) is 5. The van der Waals surface area contributed by atoms with Crippen LogP contribution >= 0.6 is 0 Å². The van der Waals surface area contributed by atoms with Crippen LogP contribution in [0.25, 0.3) is 0 Å². The van der Waals surface area contributed by atoms with E-state index in [1.165, 1.54) is 23.5 Å². The van der Waals surface area contributed by atoms with Crippen molar-refractivity contribution in [3.05, 3.63) is 48.0 Å². The third-order valence-electron chi connectivity index (χ3n) is 4.04. The number of methoxy groups -OCH3 is 1. The maximum Gasteiger partial charge on any atom is 0.264 e. The molecule has 0 aromatic heterocycles. The number of carbonyl (C=O) groups excluding carboxylic acids is 1. The molecule has 0 aliphatic carbocycles. The summed E-state index contributed by atoms with van der Waals surface area (Å²) in [6.45, 7) is 2.49. The van der Waals surface area contributed by atoms with E-state index in [4.69, 9.17) is 9.47 Å². The second-order valence-corrected chi connectivity index (χ2v) is 7.40. The first kappa shape index (κ1) is 17.3. The van der Waals surface area contributed by atoms with E-state index in [0.717, 1.165) is 0 Å². The third kappa shape index (κ3) is 3.19. The van der Waals surface area contributed by atoms with Gasteiger partial charge in [0.05, 0.1) is 24.3 Å². The van der Waals surface area contributed by atoms with Gasteiger partial charge < -0.3 is 9.47 Å². The van der Waals surface area contributed by atoms with E-state index in [-0.39, 0.29) is 23.6 Å². The summed E-state index contributed by atoms with van der Waals surface area (Å²) in [7, 11) is -2.26. The fraction of sp³-hybridized carbons (Fsp3) is 0.278. The molecule has 2 aromatic rings. The van der Waals surface area contributed by atoms with Crippen LogP contribution in [-0.4, -0.2) is 34.5 Å². The van der Waals surface area contributed by atoms with E-state index >= 15 is 0 Å². The second kappa shape index (κ2) is 6.76. The highest BCUT2D eigenvalue weighted by atomic mass is 32.2. The first-order chi connectivity index (χ1) is 12.0. The highest BCUT2D eigenvalue weighted by Crippen LogP contribution is 2.34. The lowest BCUT2D eigenvalue weighted by molar-refractivity contribution is 0.0981. The van der Waals surface area contributed by atoms with E-state index in [1.807, 2.05) is 6.92 Å². The smallest absolute Gasteiger partial charge is 0.264 e. The number of benzene rings is 2. The van der Waals surface area contributed by atoms with Crippen LogP contribution in [0.15, 0.2) is 47.4 Å². The Morgan fingerprint density at radius 2 is 1.76 bits per heavy atom.